The Bertz CT molecular complexity index is 1740. The molecule has 3 saturated heterocycles. The molecule has 3 N–H and O–H groups in total. The molecule has 256 valence electrons. The Balaban J connectivity index is 1.11. The van der Waals surface area contributed by atoms with Crippen molar-refractivity contribution in [3.63, 3.8) is 0 Å². The highest BCUT2D eigenvalue weighted by atomic mass is 16.3. The zero-order chi connectivity index (χ0) is 34.2. The lowest BCUT2D eigenvalue weighted by atomic mass is 9.83. The summed E-state index contributed by atoms with van der Waals surface area (Å²) in [5, 5.41) is 25.1. The second kappa shape index (κ2) is 13.4. The predicted octanol–water partition coefficient (Wildman–Crippen LogP) is 3.92. The minimum atomic E-state index is -1.81. The van der Waals surface area contributed by atoms with Gasteiger partial charge >= 0.3 is 0 Å². The van der Waals surface area contributed by atoms with E-state index in [4.69, 9.17) is 0 Å². The number of nitrogens with one attached hydrogen (secondary N) is 1. The van der Waals surface area contributed by atoms with Gasteiger partial charge in [0.25, 0.3) is 11.8 Å². The lowest BCUT2D eigenvalue weighted by Crippen LogP contribution is -2.55. The average Bonchev–Trinajstić information content (AvgIpc) is 3.79. The van der Waals surface area contributed by atoms with Crippen LogP contribution in [0.25, 0.3) is 0 Å². The molecule has 4 heterocycles. The quantitative estimate of drug-likeness (QED) is 0.298. The fourth-order valence-electron chi connectivity index (χ4n) is 8.21. The van der Waals surface area contributed by atoms with Crippen LogP contribution in [-0.4, -0.2) is 77.3 Å². The maximum Gasteiger partial charge on any atom is 0.264 e. The molecule has 4 aliphatic rings. The second-order valence-electron chi connectivity index (χ2n) is 13.8. The van der Waals surface area contributed by atoms with E-state index in [2.05, 4.69) is 22.3 Å². The van der Waals surface area contributed by atoms with Crippen molar-refractivity contribution in [1.29, 1.82) is 0 Å². The number of carbonyl (C=O) groups is 3. The number of aliphatic hydroxyl groups is 2. The van der Waals surface area contributed by atoms with Crippen LogP contribution in [0.4, 0.5) is 17.1 Å². The highest BCUT2D eigenvalue weighted by Gasteiger charge is 2.54. The first kappa shape index (κ1) is 33.0. The molecule has 0 unspecified atom stereocenters. The Labute approximate surface area is 287 Å². The smallest absolute Gasteiger partial charge is 0.264 e. The van der Waals surface area contributed by atoms with Crippen LogP contribution in [0.1, 0.15) is 50.2 Å². The normalized spacial score (nSPS) is 24.0. The van der Waals surface area contributed by atoms with Gasteiger partial charge < -0.3 is 30.2 Å². The van der Waals surface area contributed by atoms with E-state index in [-0.39, 0.29) is 37.4 Å². The third-order valence-corrected chi connectivity index (χ3v) is 11.0. The number of amides is 3. The average molecular weight is 664 g/mol. The van der Waals surface area contributed by atoms with Crippen LogP contribution in [-0.2, 0) is 26.5 Å². The van der Waals surface area contributed by atoms with Crippen LogP contribution >= 0.6 is 0 Å². The summed E-state index contributed by atoms with van der Waals surface area (Å²) in [7, 11) is 0. The van der Waals surface area contributed by atoms with Gasteiger partial charge in [0.05, 0.1) is 31.5 Å². The zero-order valence-corrected chi connectivity index (χ0v) is 28.0. The maximum absolute atomic E-state index is 14.3. The summed E-state index contributed by atoms with van der Waals surface area (Å²) in [6, 6.07) is 25.0. The number of hydrogen-bond acceptors (Lipinski definition) is 7. The largest absolute Gasteiger partial charge is 0.394 e. The molecule has 3 aromatic rings. The minimum Gasteiger partial charge on any atom is -0.394 e. The summed E-state index contributed by atoms with van der Waals surface area (Å²) in [6.07, 6.45) is 6.71. The Morgan fingerprint density at radius 1 is 0.980 bits per heavy atom. The number of fused-ring (bicyclic) bond motifs is 1. The first-order valence-corrected chi connectivity index (χ1v) is 17.4. The number of nitrogens with zero attached hydrogens (tertiary/aromatic N) is 4. The van der Waals surface area contributed by atoms with Crippen LogP contribution in [0.15, 0.2) is 91.0 Å². The molecule has 3 fully saturated rings. The van der Waals surface area contributed by atoms with Crippen molar-refractivity contribution < 1.29 is 24.6 Å². The number of hydrogen-bond donors (Lipinski definition) is 3. The Hall–Kier alpha value is -4.51. The summed E-state index contributed by atoms with van der Waals surface area (Å²) in [4.78, 5) is 48.7. The molecule has 3 amide bonds. The molecule has 49 heavy (non-hydrogen) atoms. The van der Waals surface area contributed by atoms with Crippen LogP contribution in [0.2, 0.25) is 0 Å². The number of rotatable bonds is 9. The van der Waals surface area contributed by atoms with Crippen LogP contribution < -0.4 is 20.0 Å². The third-order valence-electron chi connectivity index (χ3n) is 11.0. The van der Waals surface area contributed by atoms with E-state index in [1.54, 1.807) is 34.9 Å². The van der Waals surface area contributed by atoms with Gasteiger partial charge in [-0.25, -0.2) is 0 Å². The van der Waals surface area contributed by atoms with E-state index >= 15 is 0 Å². The van der Waals surface area contributed by atoms with Gasteiger partial charge in [0.2, 0.25) is 5.91 Å². The lowest BCUT2D eigenvalue weighted by molar-refractivity contribution is -0.139. The van der Waals surface area contributed by atoms with Crippen LogP contribution in [0, 0.1) is 5.92 Å². The number of aliphatic hydroxyl groups excluding tert-OH is 1. The third kappa shape index (κ3) is 5.71. The van der Waals surface area contributed by atoms with Gasteiger partial charge in [-0.15, -0.1) is 0 Å². The molecule has 7 rings (SSSR count). The molecule has 0 saturated carbocycles. The highest BCUT2D eigenvalue weighted by Crippen LogP contribution is 2.46. The van der Waals surface area contributed by atoms with E-state index in [1.807, 2.05) is 65.6 Å². The van der Waals surface area contributed by atoms with E-state index in [1.165, 1.54) is 0 Å². The first-order valence-electron chi connectivity index (χ1n) is 17.4. The van der Waals surface area contributed by atoms with Gasteiger partial charge in [0.1, 0.15) is 5.54 Å². The molecule has 0 aliphatic carbocycles. The van der Waals surface area contributed by atoms with Gasteiger partial charge in [0, 0.05) is 35.8 Å². The van der Waals surface area contributed by atoms with Gasteiger partial charge in [-0.2, -0.15) is 0 Å². The van der Waals surface area contributed by atoms with Crippen molar-refractivity contribution in [3.8, 4) is 0 Å². The summed E-state index contributed by atoms with van der Waals surface area (Å²) < 4.78 is 0. The molecule has 10 heteroatoms. The maximum atomic E-state index is 14.3. The molecule has 1 spiro atoms. The van der Waals surface area contributed by atoms with E-state index in [0.717, 1.165) is 55.7 Å². The van der Waals surface area contributed by atoms with Crippen LogP contribution in [0.3, 0.4) is 0 Å². The fraction of sp³-hybridized carbons (Fsp3) is 0.410. The Morgan fingerprint density at radius 3 is 2.49 bits per heavy atom. The lowest BCUT2D eigenvalue weighted by Gasteiger charge is -2.39. The molecule has 4 aliphatic heterocycles. The Kier molecular flexibility index (Phi) is 9.04. The van der Waals surface area contributed by atoms with Crippen molar-refractivity contribution in [2.45, 2.75) is 62.8 Å². The predicted molar refractivity (Wildman–Crippen MR) is 189 cm³/mol. The molecule has 10 nitrogen and oxygen atoms in total. The summed E-state index contributed by atoms with van der Waals surface area (Å²) in [5.74, 6) is -1.02. The summed E-state index contributed by atoms with van der Waals surface area (Å²) >= 11 is 0. The number of likely N-dealkylation sites (tertiary alicyclic amines) is 1. The topological polar surface area (TPSA) is 117 Å². The van der Waals surface area contributed by atoms with Crippen molar-refractivity contribution in [2.24, 2.45) is 5.92 Å². The fourth-order valence-corrected chi connectivity index (χ4v) is 8.21. The summed E-state index contributed by atoms with van der Waals surface area (Å²) in [5.41, 5.74) is 1.38. The van der Waals surface area contributed by atoms with E-state index in [9.17, 15) is 24.6 Å². The molecule has 0 radical (unpaired) electrons. The van der Waals surface area contributed by atoms with Crippen LogP contribution in [0.5, 0.6) is 0 Å². The number of piperidine rings is 1. The van der Waals surface area contributed by atoms with Crippen molar-refractivity contribution in [2.75, 3.05) is 47.6 Å². The van der Waals surface area contributed by atoms with Gasteiger partial charge in [0.15, 0.2) is 5.60 Å². The van der Waals surface area contributed by atoms with Crippen molar-refractivity contribution in [3.05, 3.63) is 102 Å². The Morgan fingerprint density at radius 2 is 1.71 bits per heavy atom. The number of carbonyl (C=O) groups excluding carboxylic acids is 3. The number of benzene rings is 3. The standard InChI is InChI=1S/C39H45N5O5/c1-28(10-7-18-35(46)41-23-9-15-32(41)26-45)39(49)33-16-5-6-17-34(33)42(37(39)48)25-29-11-8-14-31(24-29)43-27-44(30-12-3-2-4-13-30)38(36(43)47)19-21-40-22-20-38/h2-8,10-14,16-17,24,28,32,40,45,49H,9,15,18-23,25-27H2,1H3/b10-7+/t28-,32+,39+/m1/s1. The van der Waals surface area contributed by atoms with Gasteiger partial charge in [-0.3, -0.25) is 19.3 Å². The van der Waals surface area contributed by atoms with Crippen molar-refractivity contribution in [1.82, 2.24) is 10.2 Å². The van der Waals surface area contributed by atoms with E-state index < -0.39 is 23.0 Å². The van der Waals surface area contributed by atoms with Gasteiger partial charge in [-0.05, 0) is 74.7 Å². The zero-order valence-electron chi connectivity index (χ0n) is 28.0. The van der Waals surface area contributed by atoms with E-state index in [0.29, 0.717) is 24.5 Å². The molecule has 0 aromatic heterocycles. The molecule has 3 aromatic carbocycles. The number of anilines is 3. The van der Waals surface area contributed by atoms with Gasteiger partial charge in [-0.1, -0.05) is 67.6 Å². The molecule has 3 atom stereocenters. The van der Waals surface area contributed by atoms with Crippen molar-refractivity contribution >= 4 is 34.8 Å². The molecule has 0 bridgehead atoms. The SMILES string of the molecule is C[C@H](/C=C/CC(=O)N1CCC[C@H]1CO)[C@@]1(O)C(=O)N(Cc2cccc(N3CN(c4ccccc4)C4(CCNCC4)C3=O)c2)c2ccccc21. The molecular formula is C39H45N5O5. The molecular weight excluding hydrogens is 618 g/mol. The summed E-state index contributed by atoms with van der Waals surface area (Å²) in [6.45, 7) is 4.58. The second-order valence-corrected chi connectivity index (χ2v) is 13.8. The monoisotopic (exact) mass is 663 g/mol. The minimum absolute atomic E-state index is 0.0470. The number of para-hydroxylation sites is 2. The highest BCUT2D eigenvalue weighted by molar-refractivity contribution is 6.08. The first-order chi connectivity index (χ1) is 23.8.